The molecule has 3 aromatic heterocycles. The Kier molecular flexibility index (Phi) is 5.26. The van der Waals surface area contributed by atoms with E-state index < -0.39 is 0 Å². The fourth-order valence-electron chi connectivity index (χ4n) is 3.02. The molecule has 0 aliphatic carbocycles. The highest BCUT2D eigenvalue weighted by Gasteiger charge is 2.26. The molecule has 0 unspecified atom stereocenters. The topological polar surface area (TPSA) is 49.6 Å². The molecule has 4 rings (SSSR count). The molecule has 0 N–H and O–H groups in total. The van der Waals surface area contributed by atoms with Crippen molar-refractivity contribution in [3.8, 4) is 10.8 Å². The van der Waals surface area contributed by atoms with Gasteiger partial charge in [-0.2, -0.15) is 0 Å². The van der Waals surface area contributed by atoms with Gasteiger partial charge in [0.15, 0.2) is 10.8 Å². The zero-order valence-electron chi connectivity index (χ0n) is 14.3. The number of nitrogens with zero attached hydrogens (tertiary/aromatic N) is 3. The first-order valence-corrected chi connectivity index (χ1v) is 10.8. The number of hydrogen-bond donors (Lipinski definition) is 0. The van der Waals surface area contributed by atoms with Gasteiger partial charge in [-0.15, -0.1) is 22.7 Å². The van der Waals surface area contributed by atoms with Crippen molar-refractivity contribution in [1.82, 2.24) is 14.8 Å². The Morgan fingerprint density at radius 1 is 1.23 bits per heavy atom. The molecule has 0 radical (unpaired) electrons. The Balaban J connectivity index is 1.39. The molecular weight excluding hydrogens is 434 g/mol. The number of thiazole rings is 1. The fraction of sp³-hybridized carbons (Fsp3) is 0.333. The predicted octanol–water partition coefficient (Wildman–Crippen LogP) is 4.49. The van der Waals surface area contributed by atoms with E-state index in [1.807, 2.05) is 24.0 Å². The third-order valence-electron chi connectivity index (χ3n) is 4.40. The van der Waals surface area contributed by atoms with Crippen molar-refractivity contribution in [2.75, 3.05) is 26.2 Å². The molecule has 8 heteroatoms. The Labute approximate surface area is 168 Å². The number of amides is 1. The molecular formula is C18H18BrN3O2S2. The second-order valence-electron chi connectivity index (χ2n) is 6.18. The molecule has 0 spiro atoms. The minimum atomic E-state index is 0.0232. The molecule has 0 saturated carbocycles. The standard InChI is InChI=1S/C18H18BrN3O2S2/c1-12-16(20-17(25-12)14-3-2-10-24-14)18(23)22-8-6-21(7-9-22)11-13-4-5-15(19)26-13/h2-5,10H,6-9,11H2,1H3. The van der Waals surface area contributed by atoms with Crippen molar-refractivity contribution < 1.29 is 9.21 Å². The minimum Gasteiger partial charge on any atom is -0.462 e. The van der Waals surface area contributed by atoms with Gasteiger partial charge >= 0.3 is 0 Å². The van der Waals surface area contributed by atoms with Crippen LogP contribution in [0.15, 0.2) is 38.7 Å². The highest BCUT2D eigenvalue weighted by atomic mass is 79.9. The van der Waals surface area contributed by atoms with Crippen LogP contribution in [-0.2, 0) is 6.54 Å². The summed E-state index contributed by atoms with van der Waals surface area (Å²) in [5.74, 6) is 0.735. The molecule has 0 bridgehead atoms. The zero-order valence-corrected chi connectivity index (χ0v) is 17.5. The number of thiophene rings is 1. The van der Waals surface area contributed by atoms with E-state index in [1.165, 1.54) is 16.2 Å². The van der Waals surface area contributed by atoms with Gasteiger partial charge in [-0.25, -0.2) is 4.98 Å². The second kappa shape index (κ2) is 7.64. The molecule has 1 fully saturated rings. The van der Waals surface area contributed by atoms with E-state index in [1.54, 1.807) is 17.6 Å². The maximum Gasteiger partial charge on any atom is 0.273 e. The lowest BCUT2D eigenvalue weighted by atomic mass is 10.2. The van der Waals surface area contributed by atoms with E-state index in [0.29, 0.717) is 11.5 Å². The average Bonchev–Trinajstić information content (AvgIpc) is 3.36. The van der Waals surface area contributed by atoms with Crippen LogP contribution >= 0.6 is 38.6 Å². The van der Waals surface area contributed by atoms with Gasteiger partial charge in [0.2, 0.25) is 0 Å². The third-order valence-corrected chi connectivity index (χ3v) is 6.99. The van der Waals surface area contributed by atoms with Crippen molar-refractivity contribution >= 4 is 44.5 Å². The number of aromatic nitrogens is 1. The fourth-order valence-corrected chi connectivity index (χ4v) is 5.42. The second-order valence-corrected chi connectivity index (χ2v) is 9.93. The smallest absolute Gasteiger partial charge is 0.273 e. The van der Waals surface area contributed by atoms with Crippen LogP contribution in [0.2, 0.25) is 0 Å². The van der Waals surface area contributed by atoms with Crippen molar-refractivity contribution in [3.05, 3.63) is 49.8 Å². The van der Waals surface area contributed by atoms with Crippen molar-refractivity contribution in [2.24, 2.45) is 0 Å². The minimum absolute atomic E-state index is 0.0232. The number of furan rings is 1. The van der Waals surface area contributed by atoms with Gasteiger partial charge in [-0.3, -0.25) is 9.69 Å². The van der Waals surface area contributed by atoms with E-state index in [4.69, 9.17) is 4.42 Å². The Bertz CT molecular complexity index is 896. The number of carbonyl (C=O) groups is 1. The van der Waals surface area contributed by atoms with E-state index >= 15 is 0 Å². The molecule has 4 heterocycles. The van der Waals surface area contributed by atoms with Crippen molar-refractivity contribution in [1.29, 1.82) is 0 Å². The van der Waals surface area contributed by atoms with E-state index in [9.17, 15) is 4.79 Å². The van der Waals surface area contributed by atoms with Crippen LogP contribution in [0.5, 0.6) is 0 Å². The molecule has 3 aromatic rings. The van der Waals surface area contributed by atoms with Crippen molar-refractivity contribution in [2.45, 2.75) is 13.5 Å². The first kappa shape index (κ1) is 17.9. The van der Waals surface area contributed by atoms with Gasteiger partial charge in [0.1, 0.15) is 5.69 Å². The van der Waals surface area contributed by atoms with Crippen LogP contribution in [0.25, 0.3) is 10.8 Å². The molecule has 0 aromatic carbocycles. The lowest BCUT2D eigenvalue weighted by molar-refractivity contribution is 0.0624. The number of carbonyl (C=O) groups excluding carboxylic acids is 1. The Morgan fingerprint density at radius 2 is 2.04 bits per heavy atom. The van der Waals surface area contributed by atoms with Crippen LogP contribution < -0.4 is 0 Å². The van der Waals surface area contributed by atoms with Gasteiger partial charge < -0.3 is 9.32 Å². The SMILES string of the molecule is Cc1sc(-c2ccco2)nc1C(=O)N1CCN(Cc2ccc(Br)s2)CC1. The number of halogens is 1. The monoisotopic (exact) mass is 451 g/mol. The summed E-state index contributed by atoms with van der Waals surface area (Å²) in [5.41, 5.74) is 0.553. The summed E-state index contributed by atoms with van der Waals surface area (Å²) < 4.78 is 6.56. The molecule has 26 heavy (non-hydrogen) atoms. The predicted molar refractivity (Wildman–Crippen MR) is 108 cm³/mol. The third kappa shape index (κ3) is 3.78. The summed E-state index contributed by atoms with van der Waals surface area (Å²) in [4.78, 5) is 24.0. The van der Waals surface area contributed by atoms with Gasteiger partial charge in [0.05, 0.1) is 10.0 Å². The van der Waals surface area contributed by atoms with Crippen molar-refractivity contribution in [3.63, 3.8) is 0 Å². The lowest BCUT2D eigenvalue weighted by Gasteiger charge is -2.34. The molecule has 5 nitrogen and oxygen atoms in total. The maximum absolute atomic E-state index is 12.9. The van der Waals surface area contributed by atoms with E-state index in [-0.39, 0.29) is 5.91 Å². The van der Waals surface area contributed by atoms with Crippen LogP contribution in [0.3, 0.4) is 0 Å². The average molecular weight is 452 g/mol. The van der Waals surface area contributed by atoms with Crippen LogP contribution in [0.4, 0.5) is 0 Å². The number of rotatable bonds is 4. The van der Waals surface area contributed by atoms with Crippen LogP contribution in [0.1, 0.15) is 20.2 Å². The van der Waals surface area contributed by atoms with Crippen LogP contribution in [-0.4, -0.2) is 46.9 Å². The Hall–Kier alpha value is -1.48. The first-order valence-electron chi connectivity index (χ1n) is 8.37. The van der Waals surface area contributed by atoms with Gasteiger partial charge in [0.25, 0.3) is 5.91 Å². The first-order chi connectivity index (χ1) is 12.6. The highest BCUT2D eigenvalue weighted by molar-refractivity contribution is 9.11. The number of aryl methyl sites for hydroxylation is 1. The molecule has 1 aliphatic heterocycles. The number of hydrogen-bond acceptors (Lipinski definition) is 6. The largest absolute Gasteiger partial charge is 0.462 e. The quantitative estimate of drug-likeness (QED) is 0.585. The molecule has 1 saturated heterocycles. The van der Waals surface area contributed by atoms with Gasteiger partial charge in [-0.05, 0) is 47.1 Å². The summed E-state index contributed by atoms with van der Waals surface area (Å²) in [7, 11) is 0. The van der Waals surface area contributed by atoms with E-state index in [2.05, 4.69) is 37.9 Å². The summed E-state index contributed by atoms with van der Waals surface area (Å²) in [6.45, 7) is 6.13. The molecule has 1 amide bonds. The summed E-state index contributed by atoms with van der Waals surface area (Å²) in [5, 5.41) is 0.762. The Morgan fingerprint density at radius 3 is 2.69 bits per heavy atom. The van der Waals surface area contributed by atoms with Gasteiger partial charge in [0, 0.05) is 42.5 Å². The lowest BCUT2D eigenvalue weighted by Crippen LogP contribution is -2.48. The number of piperazine rings is 1. The molecule has 136 valence electrons. The summed E-state index contributed by atoms with van der Waals surface area (Å²) in [6.07, 6.45) is 1.62. The maximum atomic E-state index is 12.9. The van der Waals surface area contributed by atoms with Crippen LogP contribution in [0, 0.1) is 6.92 Å². The normalized spacial score (nSPS) is 15.5. The zero-order chi connectivity index (χ0) is 18.1. The molecule has 1 aliphatic rings. The summed E-state index contributed by atoms with van der Waals surface area (Å²) in [6, 6.07) is 7.94. The summed E-state index contributed by atoms with van der Waals surface area (Å²) >= 11 is 6.78. The van der Waals surface area contributed by atoms with E-state index in [0.717, 1.165) is 46.4 Å². The molecule has 0 atom stereocenters. The van der Waals surface area contributed by atoms with Gasteiger partial charge in [-0.1, -0.05) is 0 Å². The highest BCUT2D eigenvalue weighted by Crippen LogP contribution is 2.29.